The molecule has 0 N–H and O–H groups in total. The molecule has 0 spiro atoms. The fraction of sp³-hybridized carbons (Fsp3) is 0.200. The maximum Gasteiger partial charge on any atom is 0.247 e. The van der Waals surface area contributed by atoms with Gasteiger partial charge >= 0.3 is 0 Å². The fourth-order valence-corrected chi connectivity index (χ4v) is 5.20. The van der Waals surface area contributed by atoms with Crippen LogP contribution in [0.3, 0.4) is 0 Å². The number of fused-ring (bicyclic) bond motifs is 1. The summed E-state index contributed by atoms with van der Waals surface area (Å²) in [6.07, 6.45) is 1.87. The number of rotatable bonds is 4. The van der Waals surface area contributed by atoms with Gasteiger partial charge in [0.2, 0.25) is 10.0 Å². The molecule has 0 amide bonds. The maximum absolute atomic E-state index is 14.3. The predicted molar refractivity (Wildman–Crippen MR) is 99.5 cm³/mol. The van der Waals surface area contributed by atoms with Crippen molar-refractivity contribution in [1.82, 2.24) is 8.87 Å². The number of halogens is 2. The average Bonchev–Trinajstić information content (AvgIpc) is 3.18. The third kappa shape index (κ3) is 3.08. The molecule has 0 bridgehead atoms. The molecule has 8 heteroatoms. The molecule has 1 aromatic heterocycles. The first-order chi connectivity index (χ1) is 13.4. The van der Waals surface area contributed by atoms with E-state index in [0.29, 0.717) is 17.9 Å². The molecule has 1 aliphatic heterocycles. The van der Waals surface area contributed by atoms with E-state index < -0.39 is 32.6 Å². The number of methoxy groups -OCH3 is 1. The van der Waals surface area contributed by atoms with Crippen LogP contribution in [0.2, 0.25) is 0 Å². The van der Waals surface area contributed by atoms with E-state index in [-0.39, 0.29) is 6.54 Å². The maximum atomic E-state index is 14.3. The Kier molecular flexibility index (Phi) is 4.68. The van der Waals surface area contributed by atoms with Crippen LogP contribution in [0.25, 0.3) is 0 Å². The second kappa shape index (κ2) is 7.03. The largest absolute Gasteiger partial charge is 0.497 e. The molecule has 28 heavy (non-hydrogen) atoms. The second-order valence-corrected chi connectivity index (χ2v) is 8.35. The molecular weight excluding hydrogens is 386 g/mol. The highest BCUT2D eigenvalue weighted by Gasteiger charge is 2.39. The van der Waals surface area contributed by atoms with Gasteiger partial charge in [0.15, 0.2) is 0 Å². The van der Waals surface area contributed by atoms with E-state index in [1.54, 1.807) is 31.4 Å². The molecule has 1 atom stereocenters. The lowest BCUT2D eigenvalue weighted by Crippen LogP contribution is -2.42. The third-order valence-corrected chi connectivity index (χ3v) is 6.79. The number of nitrogens with zero attached hydrogens (tertiary/aromatic N) is 2. The van der Waals surface area contributed by atoms with Crippen LogP contribution in [0.15, 0.2) is 65.7 Å². The Labute approximate surface area is 161 Å². The van der Waals surface area contributed by atoms with Crippen molar-refractivity contribution in [3.8, 4) is 5.75 Å². The Balaban J connectivity index is 1.85. The fourth-order valence-electron chi connectivity index (χ4n) is 3.55. The Morgan fingerprint density at radius 1 is 1.04 bits per heavy atom. The van der Waals surface area contributed by atoms with Gasteiger partial charge in [-0.3, -0.25) is 0 Å². The van der Waals surface area contributed by atoms with Crippen LogP contribution in [-0.2, 0) is 16.6 Å². The number of hydrogen-bond donors (Lipinski definition) is 0. The highest BCUT2D eigenvalue weighted by Crippen LogP contribution is 2.37. The first-order valence-electron chi connectivity index (χ1n) is 8.67. The minimum Gasteiger partial charge on any atom is -0.497 e. The smallest absolute Gasteiger partial charge is 0.247 e. The van der Waals surface area contributed by atoms with Crippen molar-refractivity contribution < 1.29 is 21.9 Å². The van der Waals surface area contributed by atoms with Gasteiger partial charge in [-0.1, -0.05) is 12.1 Å². The average molecular weight is 404 g/mol. The van der Waals surface area contributed by atoms with Gasteiger partial charge in [-0.05, 0) is 48.0 Å². The van der Waals surface area contributed by atoms with Crippen LogP contribution in [0.4, 0.5) is 8.78 Å². The second-order valence-electron chi connectivity index (χ2n) is 6.49. The molecule has 5 nitrogen and oxygen atoms in total. The molecule has 0 saturated carbocycles. The van der Waals surface area contributed by atoms with Gasteiger partial charge in [0.1, 0.15) is 22.3 Å². The van der Waals surface area contributed by atoms with Gasteiger partial charge in [0, 0.05) is 25.0 Å². The van der Waals surface area contributed by atoms with Gasteiger partial charge in [-0.15, -0.1) is 0 Å². The van der Waals surface area contributed by atoms with E-state index in [9.17, 15) is 17.2 Å². The van der Waals surface area contributed by atoms with Crippen molar-refractivity contribution in [3.05, 3.63) is 83.7 Å². The van der Waals surface area contributed by atoms with E-state index in [4.69, 9.17) is 4.74 Å². The number of ether oxygens (including phenoxy) is 1. The van der Waals surface area contributed by atoms with Crippen molar-refractivity contribution in [2.75, 3.05) is 13.7 Å². The summed E-state index contributed by atoms with van der Waals surface area (Å²) in [6, 6.07) is 12.5. The lowest BCUT2D eigenvalue weighted by atomic mass is 10.0. The zero-order valence-corrected chi connectivity index (χ0v) is 15.9. The van der Waals surface area contributed by atoms with Crippen molar-refractivity contribution in [2.45, 2.75) is 17.5 Å². The third-order valence-electron chi connectivity index (χ3n) is 4.91. The van der Waals surface area contributed by atoms with Crippen LogP contribution in [-0.4, -0.2) is 30.9 Å². The summed E-state index contributed by atoms with van der Waals surface area (Å²) in [5.74, 6) is -1.14. The quantitative estimate of drug-likeness (QED) is 0.668. The molecule has 1 unspecified atom stereocenters. The van der Waals surface area contributed by atoms with E-state index in [0.717, 1.165) is 23.9 Å². The van der Waals surface area contributed by atoms with Crippen LogP contribution in [0.5, 0.6) is 5.75 Å². The molecule has 0 aliphatic carbocycles. The summed E-state index contributed by atoms with van der Waals surface area (Å²) in [6.45, 7) is 0.557. The summed E-state index contributed by atoms with van der Waals surface area (Å²) in [5, 5.41) is 0. The van der Waals surface area contributed by atoms with Gasteiger partial charge in [-0.2, -0.15) is 4.31 Å². The molecule has 1 aliphatic rings. The summed E-state index contributed by atoms with van der Waals surface area (Å²) in [4.78, 5) is -0.661. The molecule has 2 aromatic carbocycles. The zero-order valence-electron chi connectivity index (χ0n) is 15.0. The zero-order chi connectivity index (χ0) is 19.9. The molecule has 0 saturated heterocycles. The Bertz CT molecular complexity index is 1110. The molecule has 0 fully saturated rings. The first kappa shape index (κ1) is 18.6. The normalized spacial score (nSPS) is 17.3. The van der Waals surface area contributed by atoms with Crippen LogP contribution in [0, 0.1) is 11.6 Å². The van der Waals surface area contributed by atoms with E-state index >= 15 is 0 Å². The molecule has 2 heterocycles. The molecule has 4 rings (SSSR count). The van der Waals surface area contributed by atoms with Crippen LogP contribution >= 0.6 is 0 Å². The summed E-state index contributed by atoms with van der Waals surface area (Å²) in [7, 11) is -2.73. The highest BCUT2D eigenvalue weighted by atomic mass is 32.2. The summed E-state index contributed by atoms with van der Waals surface area (Å²) in [5.41, 5.74) is 1.47. The molecule has 146 valence electrons. The van der Waals surface area contributed by atoms with Crippen molar-refractivity contribution >= 4 is 10.0 Å². The number of benzene rings is 2. The van der Waals surface area contributed by atoms with Crippen molar-refractivity contribution in [3.63, 3.8) is 0 Å². The Morgan fingerprint density at radius 3 is 2.50 bits per heavy atom. The number of hydrogen-bond acceptors (Lipinski definition) is 3. The van der Waals surface area contributed by atoms with Gasteiger partial charge < -0.3 is 9.30 Å². The van der Waals surface area contributed by atoms with Crippen LogP contribution < -0.4 is 4.74 Å². The van der Waals surface area contributed by atoms with Crippen molar-refractivity contribution in [2.24, 2.45) is 0 Å². The SMILES string of the molecule is COc1ccc(C2c3cccn3CCN2S(=O)(=O)c2cc(F)ccc2F)cc1. The van der Waals surface area contributed by atoms with Gasteiger partial charge in [0.25, 0.3) is 0 Å². The minimum atomic E-state index is -4.28. The van der Waals surface area contributed by atoms with Crippen molar-refractivity contribution in [1.29, 1.82) is 0 Å². The predicted octanol–water partition coefficient (Wildman–Crippen LogP) is 3.57. The number of sulfonamides is 1. The van der Waals surface area contributed by atoms with E-state index in [1.807, 2.05) is 22.9 Å². The first-order valence-corrected chi connectivity index (χ1v) is 10.1. The monoisotopic (exact) mass is 404 g/mol. The highest BCUT2D eigenvalue weighted by molar-refractivity contribution is 7.89. The Morgan fingerprint density at radius 2 is 1.79 bits per heavy atom. The standard InChI is InChI=1S/C20H18F2N2O3S/c1-27-16-7-4-14(5-8-16)20-18-3-2-10-23(18)11-12-24(20)28(25,26)19-13-15(21)6-9-17(19)22/h2-10,13,20H,11-12H2,1H3. The topological polar surface area (TPSA) is 51.5 Å². The van der Waals surface area contributed by atoms with E-state index in [1.165, 1.54) is 4.31 Å². The summed E-state index contributed by atoms with van der Waals surface area (Å²) < 4.78 is 62.9. The summed E-state index contributed by atoms with van der Waals surface area (Å²) >= 11 is 0. The van der Waals surface area contributed by atoms with Gasteiger partial charge in [0.05, 0.1) is 13.2 Å². The lowest BCUT2D eigenvalue weighted by Gasteiger charge is -2.36. The molecule has 3 aromatic rings. The molecular formula is C20H18F2N2O3S. The molecule has 0 radical (unpaired) electrons. The minimum absolute atomic E-state index is 0.136. The van der Waals surface area contributed by atoms with Gasteiger partial charge in [-0.25, -0.2) is 17.2 Å². The Hall–Kier alpha value is -2.71. The number of aromatic nitrogens is 1. The lowest BCUT2D eigenvalue weighted by molar-refractivity contribution is 0.297. The van der Waals surface area contributed by atoms with E-state index in [2.05, 4.69) is 0 Å². The van der Waals surface area contributed by atoms with Crippen LogP contribution in [0.1, 0.15) is 17.3 Å².